The Morgan fingerprint density at radius 1 is 1.35 bits per heavy atom. The van der Waals surface area contributed by atoms with Crippen LogP contribution in [-0.2, 0) is 9.59 Å². The van der Waals surface area contributed by atoms with Crippen LogP contribution < -0.4 is 14.8 Å². The summed E-state index contributed by atoms with van der Waals surface area (Å²) in [5, 5.41) is 11.3. The van der Waals surface area contributed by atoms with Crippen molar-refractivity contribution in [3.05, 3.63) is 24.3 Å². The maximum absolute atomic E-state index is 11.6. The van der Waals surface area contributed by atoms with Crippen molar-refractivity contribution in [3.63, 3.8) is 0 Å². The fraction of sp³-hybridized carbons (Fsp3) is 0.429. The van der Waals surface area contributed by atoms with Crippen molar-refractivity contribution in [2.45, 2.75) is 31.9 Å². The van der Waals surface area contributed by atoms with Crippen LogP contribution in [0.5, 0.6) is 11.5 Å². The van der Waals surface area contributed by atoms with Gasteiger partial charge in [-0.2, -0.15) is 0 Å². The Morgan fingerprint density at radius 2 is 2.05 bits per heavy atom. The maximum atomic E-state index is 11.6. The first-order valence-corrected chi connectivity index (χ1v) is 6.46. The summed E-state index contributed by atoms with van der Waals surface area (Å²) in [4.78, 5) is 22.0. The largest absolute Gasteiger partial charge is 0.486 e. The Balaban J connectivity index is 1.86. The summed E-state index contributed by atoms with van der Waals surface area (Å²) < 4.78 is 11.3. The number of hydrogen-bond donors (Lipinski definition) is 2. The molecular formula is C14H17NO5. The molecule has 1 amide bonds. The highest BCUT2D eigenvalue weighted by atomic mass is 16.6. The number of carboxylic acid groups (broad SMARTS) is 1. The second-order valence-electron chi connectivity index (χ2n) is 4.66. The third-order valence-corrected chi connectivity index (χ3v) is 3.04. The number of carbonyl (C=O) groups is 2. The maximum Gasteiger partial charge on any atom is 0.303 e. The molecule has 0 saturated carbocycles. The molecule has 6 heteroatoms. The summed E-state index contributed by atoms with van der Waals surface area (Å²) in [5.74, 6) is 0.0462. The number of rotatable bonds is 5. The molecular weight excluding hydrogens is 262 g/mol. The first kappa shape index (κ1) is 14.2. The lowest BCUT2D eigenvalue weighted by Crippen LogP contribution is -2.48. The Morgan fingerprint density at radius 3 is 2.75 bits per heavy atom. The van der Waals surface area contributed by atoms with Gasteiger partial charge in [-0.3, -0.25) is 9.59 Å². The topological polar surface area (TPSA) is 84.9 Å². The van der Waals surface area contributed by atoms with E-state index in [0.717, 1.165) is 0 Å². The van der Waals surface area contributed by atoms with Crippen molar-refractivity contribution in [2.24, 2.45) is 0 Å². The minimum absolute atomic E-state index is 0.0379. The van der Waals surface area contributed by atoms with E-state index in [9.17, 15) is 9.59 Å². The van der Waals surface area contributed by atoms with Gasteiger partial charge >= 0.3 is 5.97 Å². The highest BCUT2D eigenvalue weighted by Gasteiger charge is 2.26. The van der Waals surface area contributed by atoms with Crippen LogP contribution in [0.1, 0.15) is 19.8 Å². The Labute approximate surface area is 116 Å². The van der Waals surface area contributed by atoms with E-state index in [4.69, 9.17) is 14.6 Å². The molecule has 1 aliphatic rings. The third kappa shape index (κ3) is 3.63. The van der Waals surface area contributed by atoms with Gasteiger partial charge in [-0.15, -0.1) is 0 Å². The van der Waals surface area contributed by atoms with Crippen molar-refractivity contribution < 1.29 is 24.2 Å². The summed E-state index contributed by atoms with van der Waals surface area (Å²) in [6.07, 6.45) is -0.508. The lowest BCUT2D eigenvalue weighted by Gasteiger charge is -2.30. The molecule has 0 fully saturated rings. The minimum atomic E-state index is -0.987. The Kier molecular flexibility index (Phi) is 4.45. The molecule has 0 bridgehead atoms. The average Bonchev–Trinajstić information content (AvgIpc) is 2.44. The number of amides is 1. The normalized spacial score (nSPS) is 18.1. The number of para-hydroxylation sites is 2. The van der Waals surface area contributed by atoms with E-state index < -0.39 is 5.97 Å². The van der Waals surface area contributed by atoms with E-state index in [1.807, 2.05) is 18.2 Å². The molecule has 0 aliphatic carbocycles. The van der Waals surface area contributed by atoms with Gasteiger partial charge in [0.2, 0.25) is 5.91 Å². The van der Waals surface area contributed by atoms with Gasteiger partial charge in [0.1, 0.15) is 6.61 Å². The van der Waals surface area contributed by atoms with Gasteiger partial charge in [-0.1, -0.05) is 12.1 Å². The zero-order valence-electron chi connectivity index (χ0n) is 11.2. The Bertz CT molecular complexity index is 502. The van der Waals surface area contributed by atoms with E-state index in [0.29, 0.717) is 18.1 Å². The molecule has 20 heavy (non-hydrogen) atoms. The zero-order valence-corrected chi connectivity index (χ0v) is 11.2. The minimum Gasteiger partial charge on any atom is -0.486 e. The number of ether oxygens (including phenoxy) is 2. The predicted octanol–water partition coefficient (Wildman–Crippen LogP) is 1.20. The lowest BCUT2D eigenvalue weighted by molar-refractivity contribution is -0.139. The highest BCUT2D eigenvalue weighted by Crippen LogP contribution is 2.31. The fourth-order valence-corrected chi connectivity index (χ4v) is 1.92. The monoisotopic (exact) mass is 279 g/mol. The smallest absolute Gasteiger partial charge is 0.303 e. The van der Waals surface area contributed by atoms with E-state index in [1.165, 1.54) is 0 Å². The van der Waals surface area contributed by atoms with Crippen LogP contribution in [0, 0.1) is 0 Å². The average molecular weight is 279 g/mol. The second-order valence-corrected chi connectivity index (χ2v) is 4.66. The molecule has 2 atom stereocenters. The van der Waals surface area contributed by atoms with Crippen LogP contribution in [0.4, 0.5) is 0 Å². The molecule has 1 heterocycles. The molecule has 2 N–H and O–H groups in total. The van der Waals surface area contributed by atoms with Crippen molar-refractivity contribution in [3.8, 4) is 11.5 Å². The van der Waals surface area contributed by atoms with E-state index in [2.05, 4.69) is 5.32 Å². The van der Waals surface area contributed by atoms with Crippen molar-refractivity contribution >= 4 is 11.9 Å². The van der Waals surface area contributed by atoms with Gasteiger partial charge in [-0.25, -0.2) is 0 Å². The predicted molar refractivity (Wildman–Crippen MR) is 70.8 cm³/mol. The van der Waals surface area contributed by atoms with E-state index >= 15 is 0 Å². The number of benzene rings is 1. The summed E-state index contributed by atoms with van der Waals surface area (Å²) in [6, 6.07) is 7.08. The Hall–Kier alpha value is -2.24. The molecule has 0 aromatic heterocycles. The number of nitrogens with one attached hydrogen (secondary N) is 1. The molecule has 0 spiro atoms. The van der Waals surface area contributed by atoms with Crippen LogP contribution in [0.25, 0.3) is 0 Å². The standard InChI is InChI=1S/C14H17NO5/c1-9(15-13(16)6-7-14(17)18)12-8-19-10-4-2-3-5-11(10)20-12/h2-5,9,12H,6-8H2,1H3,(H,15,16)(H,17,18). The second kappa shape index (κ2) is 6.27. The third-order valence-electron chi connectivity index (χ3n) is 3.04. The van der Waals surface area contributed by atoms with Crippen LogP contribution in [0.2, 0.25) is 0 Å². The molecule has 0 saturated heterocycles. The molecule has 108 valence electrons. The molecule has 1 aromatic carbocycles. The van der Waals surface area contributed by atoms with Crippen LogP contribution in [-0.4, -0.2) is 35.7 Å². The number of hydrogen-bond acceptors (Lipinski definition) is 4. The molecule has 1 aromatic rings. The SMILES string of the molecule is CC(NC(=O)CCC(=O)O)C1COc2ccccc2O1. The molecule has 2 unspecified atom stereocenters. The van der Waals surface area contributed by atoms with Crippen LogP contribution in [0.3, 0.4) is 0 Å². The first-order valence-electron chi connectivity index (χ1n) is 6.46. The molecule has 0 radical (unpaired) electrons. The first-order chi connectivity index (χ1) is 9.56. The number of carboxylic acids is 1. The quantitative estimate of drug-likeness (QED) is 0.846. The summed E-state index contributed by atoms with van der Waals surface area (Å²) in [7, 11) is 0. The fourth-order valence-electron chi connectivity index (χ4n) is 1.92. The van der Waals surface area contributed by atoms with Gasteiger partial charge < -0.3 is 19.9 Å². The summed E-state index contributed by atoms with van der Waals surface area (Å²) >= 11 is 0. The van der Waals surface area contributed by atoms with Gasteiger partial charge in [0, 0.05) is 6.42 Å². The summed E-state index contributed by atoms with van der Waals surface area (Å²) in [5.41, 5.74) is 0. The van der Waals surface area contributed by atoms with Crippen LogP contribution >= 0.6 is 0 Å². The van der Waals surface area contributed by atoms with Gasteiger partial charge in [0.05, 0.1) is 12.5 Å². The molecule has 1 aliphatic heterocycles. The van der Waals surface area contributed by atoms with Crippen molar-refractivity contribution in [1.82, 2.24) is 5.32 Å². The van der Waals surface area contributed by atoms with Crippen molar-refractivity contribution in [1.29, 1.82) is 0 Å². The molecule has 6 nitrogen and oxygen atoms in total. The highest BCUT2D eigenvalue weighted by molar-refractivity contribution is 5.80. The lowest BCUT2D eigenvalue weighted by atomic mass is 10.1. The number of aliphatic carboxylic acids is 1. The van der Waals surface area contributed by atoms with Gasteiger partial charge in [-0.05, 0) is 19.1 Å². The number of carbonyl (C=O) groups excluding carboxylic acids is 1. The zero-order chi connectivity index (χ0) is 14.5. The van der Waals surface area contributed by atoms with Gasteiger partial charge in [0.15, 0.2) is 17.6 Å². The van der Waals surface area contributed by atoms with E-state index in [1.54, 1.807) is 13.0 Å². The van der Waals surface area contributed by atoms with Crippen molar-refractivity contribution in [2.75, 3.05) is 6.61 Å². The number of fused-ring (bicyclic) bond motifs is 1. The van der Waals surface area contributed by atoms with Gasteiger partial charge in [0.25, 0.3) is 0 Å². The summed E-state index contributed by atoms with van der Waals surface area (Å²) in [6.45, 7) is 2.15. The molecule has 2 rings (SSSR count). The van der Waals surface area contributed by atoms with E-state index in [-0.39, 0.29) is 30.9 Å². The van der Waals surface area contributed by atoms with Crippen LogP contribution in [0.15, 0.2) is 24.3 Å².